The second-order valence-electron chi connectivity index (χ2n) is 3.76. The van der Waals surface area contributed by atoms with E-state index in [2.05, 4.69) is 21.2 Å². The van der Waals surface area contributed by atoms with E-state index in [1.165, 1.54) is 0 Å². The van der Waals surface area contributed by atoms with Crippen LogP contribution in [0, 0.1) is 0 Å². The first-order chi connectivity index (χ1) is 7.63. The Kier molecular flexibility index (Phi) is 6.36. The van der Waals surface area contributed by atoms with Crippen molar-refractivity contribution in [3.63, 3.8) is 0 Å². The van der Waals surface area contributed by atoms with Gasteiger partial charge in [-0.1, -0.05) is 34.5 Å². The average molecular weight is 307 g/mol. The van der Waals surface area contributed by atoms with Crippen LogP contribution in [0.15, 0.2) is 22.7 Å². The highest BCUT2D eigenvalue weighted by Gasteiger charge is 2.02. The summed E-state index contributed by atoms with van der Waals surface area (Å²) in [6, 6.07) is 5.81. The lowest BCUT2D eigenvalue weighted by Gasteiger charge is -2.10. The molecule has 0 radical (unpaired) electrons. The van der Waals surface area contributed by atoms with Crippen LogP contribution in [0.4, 0.5) is 0 Å². The highest BCUT2D eigenvalue weighted by molar-refractivity contribution is 9.10. The lowest BCUT2D eigenvalue weighted by molar-refractivity contribution is 0.159. The Morgan fingerprint density at radius 2 is 2.25 bits per heavy atom. The van der Waals surface area contributed by atoms with Gasteiger partial charge < -0.3 is 10.4 Å². The smallest absolute Gasteiger partial charge is 0.0549 e. The van der Waals surface area contributed by atoms with Crippen LogP contribution in [0.3, 0.4) is 0 Å². The molecule has 0 saturated carbocycles. The molecule has 1 rings (SSSR count). The molecular weight excluding hydrogens is 289 g/mol. The van der Waals surface area contributed by atoms with Gasteiger partial charge in [0, 0.05) is 16.0 Å². The lowest BCUT2D eigenvalue weighted by Crippen LogP contribution is -2.19. The van der Waals surface area contributed by atoms with Gasteiger partial charge in [0.05, 0.1) is 6.10 Å². The largest absolute Gasteiger partial charge is 0.393 e. The van der Waals surface area contributed by atoms with Gasteiger partial charge in [-0.15, -0.1) is 0 Å². The highest BCUT2D eigenvalue weighted by atomic mass is 79.9. The van der Waals surface area contributed by atoms with E-state index in [4.69, 9.17) is 11.6 Å². The number of hydrogen-bond acceptors (Lipinski definition) is 2. The minimum absolute atomic E-state index is 0.203. The molecule has 2 N–H and O–H groups in total. The summed E-state index contributed by atoms with van der Waals surface area (Å²) in [6.45, 7) is 3.52. The van der Waals surface area contributed by atoms with E-state index in [0.717, 1.165) is 41.0 Å². The lowest BCUT2D eigenvalue weighted by atomic mass is 10.2. The van der Waals surface area contributed by atoms with Gasteiger partial charge in [-0.25, -0.2) is 0 Å². The van der Waals surface area contributed by atoms with Crippen LogP contribution in [0.5, 0.6) is 0 Å². The third kappa shape index (κ3) is 4.83. The summed E-state index contributed by atoms with van der Waals surface area (Å²) in [5, 5.41) is 13.4. The van der Waals surface area contributed by atoms with Crippen molar-refractivity contribution in [3.05, 3.63) is 33.3 Å². The Hall–Kier alpha value is -0.0900. The molecule has 1 unspecified atom stereocenters. The summed E-state index contributed by atoms with van der Waals surface area (Å²) in [5.41, 5.74) is 1.07. The van der Waals surface area contributed by atoms with Gasteiger partial charge in [0.15, 0.2) is 0 Å². The van der Waals surface area contributed by atoms with Gasteiger partial charge in [0.1, 0.15) is 0 Å². The summed E-state index contributed by atoms with van der Waals surface area (Å²) >= 11 is 9.47. The van der Waals surface area contributed by atoms with Gasteiger partial charge >= 0.3 is 0 Å². The van der Waals surface area contributed by atoms with Crippen LogP contribution in [-0.2, 0) is 6.54 Å². The second-order valence-corrected chi connectivity index (χ2v) is 5.09. The van der Waals surface area contributed by atoms with E-state index in [1.54, 1.807) is 0 Å². The van der Waals surface area contributed by atoms with E-state index in [-0.39, 0.29) is 6.10 Å². The van der Waals surface area contributed by atoms with Crippen LogP contribution in [0.25, 0.3) is 0 Å². The van der Waals surface area contributed by atoms with Crippen molar-refractivity contribution in [2.75, 3.05) is 6.54 Å². The van der Waals surface area contributed by atoms with Gasteiger partial charge in [-0.3, -0.25) is 0 Å². The minimum atomic E-state index is -0.203. The third-order valence-electron chi connectivity index (χ3n) is 2.45. The number of rotatable bonds is 6. The number of hydrogen-bond donors (Lipinski definition) is 2. The quantitative estimate of drug-likeness (QED) is 0.790. The predicted molar refractivity (Wildman–Crippen MR) is 71.8 cm³/mol. The number of aliphatic hydroxyl groups is 1. The third-order valence-corrected chi connectivity index (χ3v) is 3.31. The Morgan fingerprint density at radius 1 is 1.50 bits per heavy atom. The topological polar surface area (TPSA) is 32.3 Å². The fourth-order valence-corrected chi connectivity index (χ4v) is 1.97. The zero-order valence-electron chi connectivity index (χ0n) is 9.34. The molecule has 1 atom stereocenters. The van der Waals surface area contributed by atoms with Gasteiger partial charge in [-0.05, 0) is 43.1 Å². The van der Waals surface area contributed by atoms with E-state index in [9.17, 15) is 5.11 Å². The van der Waals surface area contributed by atoms with E-state index in [0.29, 0.717) is 0 Å². The molecule has 16 heavy (non-hydrogen) atoms. The molecule has 0 aliphatic carbocycles. The van der Waals surface area contributed by atoms with Crippen LogP contribution < -0.4 is 5.32 Å². The minimum Gasteiger partial charge on any atom is -0.393 e. The van der Waals surface area contributed by atoms with Gasteiger partial charge in [-0.2, -0.15) is 0 Å². The number of aliphatic hydroxyl groups excluding tert-OH is 1. The van der Waals surface area contributed by atoms with Crippen molar-refractivity contribution in [1.82, 2.24) is 5.32 Å². The Morgan fingerprint density at radius 3 is 2.94 bits per heavy atom. The predicted octanol–water partition coefficient (Wildman–Crippen LogP) is 3.35. The van der Waals surface area contributed by atoms with Crippen molar-refractivity contribution < 1.29 is 5.11 Å². The van der Waals surface area contributed by atoms with Crippen LogP contribution in [-0.4, -0.2) is 17.8 Å². The van der Waals surface area contributed by atoms with Crippen molar-refractivity contribution in [2.24, 2.45) is 0 Å². The summed E-state index contributed by atoms with van der Waals surface area (Å²) in [4.78, 5) is 0. The van der Waals surface area contributed by atoms with Crippen molar-refractivity contribution in [1.29, 1.82) is 0 Å². The van der Waals surface area contributed by atoms with Crippen molar-refractivity contribution >= 4 is 27.5 Å². The molecule has 4 heteroatoms. The standard InChI is InChI=1S/C12H17BrClNO/c1-2-11(16)5-6-15-8-9-7-10(13)3-4-12(9)14/h3-4,7,11,15-16H,2,5-6,8H2,1H3. The summed E-state index contributed by atoms with van der Waals surface area (Å²) in [6.07, 6.45) is 1.38. The molecular formula is C12H17BrClNO. The normalized spacial score (nSPS) is 12.8. The number of benzene rings is 1. The van der Waals surface area contributed by atoms with Crippen LogP contribution in [0.2, 0.25) is 5.02 Å². The Balaban J connectivity index is 2.34. The molecule has 0 aliphatic rings. The molecule has 0 bridgehead atoms. The average Bonchev–Trinajstić information content (AvgIpc) is 2.28. The molecule has 0 saturated heterocycles. The highest BCUT2D eigenvalue weighted by Crippen LogP contribution is 2.20. The zero-order chi connectivity index (χ0) is 12.0. The van der Waals surface area contributed by atoms with E-state index in [1.807, 2.05) is 25.1 Å². The molecule has 0 aromatic heterocycles. The van der Waals surface area contributed by atoms with Gasteiger partial charge in [0.2, 0.25) is 0 Å². The van der Waals surface area contributed by atoms with E-state index >= 15 is 0 Å². The fraction of sp³-hybridized carbons (Fsp3) is 0.500. The molecule has 2 nitrogen and oxygen atoms in total. The first kappa shape index (κ1) is 14.0. The van der Waals surface area contributed by atoms with Crippen molar-refractivity contribution in [3.8, 4) is 0 Å². The molecule has 0 fully saturated rings. The Bertz CT molecular complexity index is 333. The number of nitrogens with one attached hydrogen (secondary N) is 1. The maximum Gasteiger partial charge on any atom is 0.0549 e. The maximum atomic E-state index is 9.38. The SMILES string of the molecule is CCC(O)CCNCc1cc(Br)ccc1Cl. The summed E-state index contributed by atoms with van der Waals surface area (Å²) < 4.78 is 1.03. The molecule has 90 valence electrons. The number of halogens is 2. The van der Waals surface area contributed by atoms with Gasteiger partial charge in [0.25, 0.3) is 0 Å². The molecule has 0 amide bonds. The first-order valence-electron chi connectivity index (χ1n) is 5.46. The fourth-order valence-electron chi connectivity index (χ4n) is 1.37. The molecule has 0 aliphatic heterocycles. The zero-order valence-corrected chi connectivity index (χ0v) is 11.7. The Labute approximate surface area is 110 Å². The second kappa shape index (κ2) is 7.28. The summed E-state index contributed by atoms with van der Waals surface area (Å²) in [7, 11) is 0. The monoisotopic (exact) mass is 305 g/mol. The molecule has 1 aromatic carbocycles. The summed E-state index contributed by atoms with van der Waals surface area (Å²) in [5.74, 6) is 0. The van der Waals surface area contributed by atoms with Crippen LogP contribution in [0.1, 0.15) is 25.3 Å². The molecule has 0 heterocycles. The van der Waals surface area contributed by atoms with Crippen LogP contribution >= 0.6 is 27.5 Å². The van der Waals surface area contributed by atoms with E-state index < -0.39 is 0 Å². The molecule has 0 spiro atoms. The maximum absolute atomic E-state index is 9.38. The first-order valence-corrected chi connectivity index (χ1v) is 6.63. The molecule has 1 aromatic rings. The van der Waals surface area contributed by atoms with Crippen molar-refractivity contribution in [2.45, 2.75) is 32.4 Å².